The molecule has 0 aliphatic carbocycles. The Bertz CT molecular complexity index is 1180. The zero-order valence-corrected chi connectivity index (χ0v) is 16.7. The smallest absolute Gasteiger partial charge is 0.259 e. The van der Waals surface area contributed by atoms with E-state index in [2.05, 4.69) is 9.97 Å². The number of rotatable bonds is 6. The lowest BCUT2D eigenvalue weighted by molar-refractivity contribution is 0.802. The second-order valence-corrected chi connectivity index (χ2v) is 7.35. The van der Waals surface area contributed by atoms with Crippen LogP contribution in [0.15, 0.2) is 78.0 Å². The van der Waals surface area contributed by atoms with Crippen LogP contribution >= 0.6 is 0 Å². The summed E-state index contributed by atoms with van der Waals surface area (Å²) in [5, 5.41) is 0.973. The Hall–Kier alpha value is -3.47. The molecule has 0 bridgehead atoms. The number of fused-ring (bicyclic) bond motifs is 1. The molecule has 29 heavy (non-hydrogen) atoms. The Morgan fingerprint density at radius 3 is 2.55 bits per heavy atom. The Morgan fingerprint density at radius 2 is 1.76 bits per heavy atom. The van der Waals surface area contributed by atoms with Crippen molar-refractivity contribution in [3.8, 4) is 5.69 Å². The van der Waals surface area contributed by atoms with E-state index in [1.165, 1.54) is 5.56 Å². The van der Waals surface area contributed by atoms with Crippen LogP contribution in [0.3, 0.4) is 0 Å². The summed E-state index contributed by atoms with van der Waals surface area (Å²) < 4.78 is 1.74. The fourth-order valence-corrected chi connectivity index (χ4v) is 3.56. The third kappa shape index (κ3) is 4.04. The molecule has 3 heterocycles. The predicted octanol–water partition coefficient (Wildman–Crippen LogP) is 4.02. The number of aromatic nitrogens is 3. The first kappa shape index (κ1) is 18.9. The summed E-state index contributed by atoms with van der Waals surface area (Å²) >= 11 is 0. The first-order valence-electron chi connectivity index (χ1n) is 9.80. The van der Waals surface area contributed by atoms with Gasteiger partial charge in [-0.15, -0.1) is 0 Å². The molecule has 0 atom stereocenters. The lowest BCUT2D eigenvalue weighted by Crippen LogP contribution is -2.23. The van der Waals surface area contributed by atoms with Crippen LogP contribution in [0.1, 0.15) is 17.5 Å². The normalized spacial score (nSPS) is 11.0. The van der Waals surface area contributed by atoms with Gasteiger partial charge in [-0.1, -0.05) is 6.07 Å². The number of benzene rings is 1. The lowest BCUT2D eigenvalue weighted by atomic mass is 10.0. The largest absolute Gasteiger partial charge is 0.378 e. The Labute approximate surface area is 170 Å². The van der Waals surface area contributed by atoms with Crippen LogP contribution in [-0.4, -0.2) is 28.6 Å². The van der Waals surface area contributed by atoms with Crippen molar-refractivity contribution in [3.05, 3.63) is 94.7 Å². The molecule has 4 rings (SSSR count). The third-order valence-electron chi connectivity index (χ3n) is 5.10. The van der Waals surface area contributed by atoms with Crippen LogP contribution in [0.4, 0.5) is 5.69 Å². The maximum Gasteiger partial charge on any atom is 0.259 e. The van der Waals surface area contributed by atoms with Crippen molar-refractivity contribution in [1.82, 2.24) is 14.5 Å². The van der Waals surface area contributed by atoms with Gasteiger partial charge in [0.25, 0.3) is 5.56 Å². The van der Waals surface area contributed by atoms with Gasteiger partial charge in [-0.05, 0) is 73.4 Å². The zero-order chi connectivity index (χ0) is 20.2. The highest BCUT2D eigenvalue weighted by Gasteiger charge is 2.12. The van der Waals surface area contributed by atoms with E-state index in [1.807, 2.05) is 86.0 Å². The fourth-order valence-electron chi connectivity index (χ4n) is 3.56. The average Bonchev–Trinajstić information content (AvgIpc) is 2.75. The fraction of sp³-hybridized carbons (Fsp3) is 0.208. The van der Waals surface area contributed by atoms with E-state index in [0.29, 0.717) is 5.65 Å². The van der Waals surface area contributed by atoms with Gasteiger partial charge in [-0.3, -0.25) is 14.3 Å². The van der Waals surface area contributed by atoms with Crippen molar-refractivity contribution >= 4 is 16.7 Å². The maximum absolute atomic E-state index is 13.4. The van der Waals surface area contributed by atoms with Crippen LogP contribution in [0.5, 0.6) is 0 Å². The molecule has 1 aromatic carbocycles. The van der Waals surface area contributed by atoms with Crippen molar-refractivity contribution in [2.24, 2.45) is 0 Å². The molecule has 0 radical (unpaired) electrons. The molecule has 0 fully saturated rings. The second-order valence-electron chi connectivity index (χ2n) is 7.35. The topological polar surface area (TPSA) is 51.0 Å². The third-order valence-corrected chi connectivity index (χ3v) is 5.10. The summed E-state index contributed by atoms with van der Waals surface area (Å²) in [6.45, 7) is 0. The van der Waals surface area contributed by atoms with Crippen molar-refractivity contribution < 1.29 is 0 Å². The first-order valence-corrected chi connectivity index (χ1v) is 9.80. The van der Waals surface area contributed by atoms with Crippen LogP contribution in [0.2, 0.25) is 0 Å². The highest BCUT2D eigenvalue weighted by atomic mass is 16.1. The summed E-state index contributed by atoms with van der Waals surface area (Å²) in [5.41, 5.74) is 4.62. The Balaban J connectivity index is 1.74. The summed E-state index contributed by atoms with van der Waals surface area (Å²) in [6.07, 6.45) is 7.89. The Morgan fingerprint density at radius 1 is 0.931 bits per heavy atom. The van der Waals surface area contributed by atoms with E-state index in [4.69, 9.17) is 0 Å². The van der Waals surface area contributed by atoms with Gasteiger partial charge < -0.3 is 4.90 Å². The predicted molar refractivity (Wildman–Crippen MR) is 118 cm³/mol. The van der Waals surface area contributed by atoms with Gasteiger partial charge >= 0.3 is 0 Å². The molecule has 5 nitrogen and oxygen atoms in total. The number of pyridine rings is 3. The molecular weight excluding hydrogens is 360 g/mol. The monoisotopic (exact) mass is 384 g/mol. The van der Waals surface area contributed by atoms with Crippen LogP contribution in [0, 0.1) is 0 Å². The SMILES string of the molecule is CN(C)c1cccc(-n2c(=O)c(CCCc3ccncc3)cc3cccnc32)c1. The van der Waals surface area contributed by atoms with Gasteiger partial charge in [-0.25, -0.2) is 4.98 Å². The summed E-state index contributed by atoms with van der Waals surface area (Å²) in [4.78, 5) is 24.0. The standard InChI is InChI=1S/C24H24N4O/c1-27(2)21-9-4-10-22(17-21)28-23-19(8-5-13-26-23)16-20(24(28)29)7-3-6-18-11-14-25-15-12-18/h4-5,8-17H,3,6-7H2,1-2H3. The average molecular weight is 384 g/mol. The first-order chi connectivity index (χ1) is 14.1. The molecule has 0 saturated carbocycles. The van der Waals surface area contributed by atoms with E-state index in [9.17, 15) is 4.79 Å². The molecule has 0 amide bonds. The van der Waals surface area contributed by atoms with Crippen molar-refractivity contribution in [1.29, 1.82) is 0 Å². The van der Waals surface area contributed by atoms with Crippen molar-refractivity contribution in [2.45, 2.75) is 19.3 Å². The number of anilines is 1. The molecule has 4 aromatic rings. The van der Waals surface area contributed by atoms with Crippen LogP contribution in [-0.2, 0) is 12.8 Å². The molecule has 3 aromatic heterocycles. The van der Waals surface area contributed by atoms with Gasteiger partial charge in [0.05, 0.1) is 5.69 Å². The quantitative estimate of drug-likeness (QED) is 0.504. The maximum atomic E-state index is 13.4. The van der Waals surface area contributed by atoms with Gasteiger partial charge in [-0.2, -0.15) is 0 Å². The molecule has 0 spiro atoms. The highest BCUT2D eigenvalue weighted by Crippen LogP contribution is 2.20. The Kier molecular flexibility index (Phi) is 5.38. The van der Waals surface area contributed by atoms with E-state index in [1.54, 1.807) is 10.8 Å². The van der Waals surface area contributed by atoms with Gasteiger partial charge in [0.15, 0.2) is 0 Å². The van der Waals surface area contributed by atoms with Crippen molar-refractivity contribution in [3.63, 3.8) is 0 Å². The molecule has 0 unspecified atom stereocenters. The van der Waals surface area contributed by atoms with Crippen LogP contribution < -0.4 is 10.5 Å². The van der Waals surface area contributed by atoms with E-state index >= 15 is 0 Å². The zero-order valence-electron chi connectivity index (χ0n) is 16.7. The minimum absolute atomic E-state index is 0.00170. The molecule has 0 aliphatic rings. The number of aryl methyl sites for hydroxylation is 2. The minimum atomic E-state index is 0.00170. The van der Waals surface area contributed by atoms with Crippen molar-refractivity contribution in [2.75, 3.05) is 19.0 Å². The highest BCUT2D eigenvalue weighted by molar-refractivity contribution is 5.77. The second kappa shape index (κ2) is 8.27. The molecule has 146 valence electrons. The summed E-state index contributed by atoms with van der Waals surface area (Å²) in [7, 11) is 3.99. The number of hydrogen-bond acceptors (Lipinski definition) is 4. The minimum Gasteiger partial charge on any atom is -0.378 e. The van der Waals surface area contributed by atoms with Crippen LogP contribution in [0.25, 0.3) is 16.7 Å². The van der Waals surface area contributed by atoms with E-state index < -0.39 is 0 Å². The molecule has 5 heteroatoms. The van der Waals surface area contributed by atoms with E-state index in [-0.39, 0.29) is 5.56 Å². The number of hydrogen-bond donors (Lipinski definition) is 0. The molecule has 0 aliphatic heterocycles. The molecular formula is C24H24N4O. The summed E-state index contributed by atoms with van der Waals surface area (Å²) in [5.74, 6) is 0. The van der Waals surface area contributed by atoms with E-state index in [0.717, 1.165) is 41.6 Å². The number of nitrogens with zero attached hydrogens (tertiary/aromatic N) is 4. The summed E-state index contributed by atoms with van der Waals surface area (Å²) in [6, 6.07) is 18.0. The van der Waals surface area contributed by atoms with Gasteiger partial charge in [0, 0.05) is 49.3 Å². The van der Waals surface area contributed by atoms with Gasteiger partial charge in [0.1, 0.15) is 5.65 Å². The lowest BCUT2D eigenvalue weighted by Gasteiger charge is -2.16. The van der Waals surface area contributed by atoms with Gasteiger partial charge in [0.2, 0.25) is 0 Å². The molecule has 0 saturated heterocycles. The molecule has 0 N–H and O–H groups in total.